The fourth-order valence-corrected chi connectivity index (χ4v) is 2.60. The van der Waals surface area contributed by atoms with Gasteiger partial charge in [0.1, 0.15) is 29.9 Å². The number of nitrogens with one attached hydrogen (secondary N) is 1. The second-order valence-corrected chi connectivity index (χ2v) is 5.80. The number of hydrogen-bond donors (Lipinski definition) is 2. The Hall–Kier alpha value is -1.86. The van der Waals surface area contributed by atoms with Gasteiger partial charge in [0.25, 0.3) is 0 Å². The maximum Gasteiger partial charge on any atom is 0.137 e. The van der Waals surface area contributed by atoms with E-state index in [2.05, 4.69) is 15.4 Å². The highest BCUT2D eigenvalue weighted by molar-refractivity contribution is 5.27. The van der Waals surface area contributed by atoms with E-state index in [-0.39, 0.29) is 12.1 Å². The van der Waals surface area contributed by atoms with E-state index < -0.39 is 23.3 Å². The molecule has 0 unspecified atom stereocenters. The van der Waals surface area contributed by atoms with Gasteiger partial charge in [0.05, 0.1) is 6.54 Å². The SMILES string of the molecule is C[C@@H](NC1CC1)[C@](O)(Cn1cncn1)c1ccc(F)cc1F. The van der Waals surface area contributed by atoms with Crippen molar-refractivity contribution in [1.29, 1.82) is 0 Å². The van der Waals surface area contributed by atoms with Crippen molar-refractivity contribution in [2.24, 2.45) is 0 Å². The molecule has 1 aromatic heterocycles. The van der Waals surface area contributed by atoms with Crippen LogP contribution in [0.1, 0.15) is 25.3 Å². The average molecular weight is 308 g/mol. The molecule has 3 rings (SSSR count). The summed E-state index contributed by atoms with van der Waals surface area (Å²) in [5.74, 6) is -1.45. The lowest BCUT2D eigenvalue weighted by atomic mass is 9.86. The molecule has 0 amide bonds. The van der Waals surface area contributed by atoms with E-state index in [1.54, 1.807) is 6.92 Å². The standard InChI is InChI=1S/C15H18F2N4O/c1-10(20-12-3-4-12)15(22,7-21-9-18-8-19-21)13-5-2-11(16)6-14(13)17/h2,5-6,8-10,12,20,22H,3-4,7H2,1H3/t10-,15-/m1/s1. The van der Waals surface area contributed by atoms with Crippen LogP contribution in [0.3, 0.4) is 0 Å². The van der Waals surface area contributed by atoms with Crippen LogP contribution in [-0.4, -0.2) is 32.0 Å². The Labute approximate surface area is 127 Å². The highest BCUT2D eigenvalue weighted by Gasteiger charge is 2.41. The number of halogens is 2. The average Bonchev–Trinajstić information content (AvgIpc) is 3.12. The number of aliphatic hydroxyl groups is 1. The van der Waals surface area contributed by atoms with Crippen molar-refractivity contribution in [3.05, 3.63) is 48.1 Å². The molecule has 1 saturated carbocycles. The van der Waals surface area contributed by atoms with Gasteiger partial charge in [-0.1, -0.05) is 6.07 Å². The lowest BCUT2D eigenvalue weighted by Gasteiger charge is -2.35. The largest absolute Gasteiger partial charge is 0.381 e. The third-order valence-electron chi connectivity index (χ3n) is 4.05. The topological polar surface area (TPSA) is 63.0 Å². The number of rotatable bonds is 6. The normalized spacial score (nSPS) is 18.9. The van der Waals surface area contributed by atoms with Crippen molar-refractivity contribution in [3.8, 4) is 0 Å². The second kappa shape index (κ2) is 5.73. The first-order chi connectivity index (χ1) is 10.5. The van der Waals surface area contributed by atoms with Crippen molar-refractivity contribution in [1.82, 2.24) is 20.1 Å². The third-order valence-corrected chi connectivity index (χ3v) is 4.05. The maximum absolute atomic E-state index is 14.2. The first-order valence-electron chi connectivity index (χ1n) is 7.25. The Bertz CT molecular complexity index is 645. The molecule has 22 heavy (non-hydrogen) atoms. The van der Waals surface area contributed by atoms with Crippen LogP contribution < -0.4 is 5.32 Å². The molecule has 1 aliphatic rings. The van der Waals surface area contributed by atoms with E-state index >= 15 is 0 Å². The summed E-state index contributed by atoms with van der Waals surface area (Å²) < 4.78 is 28.8. The van der Waals surface area contributed by atoms with Crippen LogP contribution in [-0.2, 0) is 12.1 Å². The van der Waals surface area contributed by atoms with E-state index in [1.807, 2.05) is 0 Å². The third kappa shape index (κ3) is 3.00. The van der Waals surface area contributed by atoms with Gasteiger partial charge >= 0.3 is 0 Å². The van der Waals surface area contributed by atoms with E-state index in [1.165, 1.54) is 23.4 Å². The Balaban J connectivity index is 1.96. The van der Waals surface area contributed by atoms with Crippen molar-refractivity contribution in [3.63, 3.8) is 0 Å². The first-order valence-corrected chi connectivity index (χ1v) is 7.25. The summed E-state index contributed by atoms with van der Waals surface area (Å²) in [5.41, 5.74) is -1.52. The lowest BCUT2D eigenvalue weighted by Crippen LogP contribution is -2.50. The van der Waals surface area contributed by atoms with E-state index in [0.717, 1.165) is 25.0 Å². The van der Waals surface area contributed by atoms with Crippen molar-refractivity contribution in [2.45, 2.75) is 44.0 Å². The summed E-state index contributed by atoms with van der Waals surface area (Å²) >= 11 is 0. The summed E-state index contributed by atoms with van der Waals surface area (Å²) in [7, 11) is 0. The van der Waals surface area contributed by atoms with Crippen molar-refractivity contribution in [2.75, 3.05) is 0 Å². The molecule has 0 saturated heterocycles. The molecule has 1 heterocycles. The van der Waals surface area contributed by atoms with Crippen LogP contribution in [0.25, 0.3) is 0 Å². The molecule has 0 bridgehead atoms. The summed E-state index contributed by atoms with van der Waals surface area (Å²) in [5, 5.41) is 18.4. The molecule has 2 atom stereocenters. The van der Waals surface area contributed by atoms with Crippen molar-refractivity contribution >= 4 is 0 Å². The molecular formula is C15H18F2N4O. The Kier molecular flexibility index (Phi) is 3.92. The second-order valence-electron chi connectivity index (χ2n) is 5.80. The predicted molar refractivity (Wildman–Crippen MR) is 75.9 cm³/mol. The number of hydrogen-bond acceptors (Lipinski definition) is 4. The van der Waals surface area contributed by atoms with Gasteiger partial charge in [-0.05, 0) is 25.8 Å². The van der Waals surface area contributed by atoms with Crippen LogP contribution in [0.4, 0.5) is 8.78 Å². The zero-order valence-corrected chi connectivity index (χ0v) is 12.2. The highest BCUT2D eigenvalue weighted by Crippen LogP contribution is 2.32. The van der Waals surface area contributed by atoms with Gasteiger partial charge in [-0.2, -0.15) is 5.10 Å². The molecule has 1 aliphatic carbocycles. The zero-order valence-electron chi connectivity index (χ0n) is 12.2. The van der Waals surface area contributed by atoms with Crippen molar-refractivity contribution < 1.29 is 13.9 Å². The van der Waals surface area contributed by atoms with Gasteiger partial charge in [0.15, 0.2) is 0 Å². The van der Waals surface area contributed by atoms with Gasteiger partial charge in [-0.25, -0.2) is 18.4 Å². The molecule has 1 aromatic carbocycles. The number of benzene rings is 1. The maximum atomic E-state index is 14.2. The molecule has 0 radical (unpaired) electrons. The van der Waals surface area contributed by atoms with E-state index in [9.17, 15) is 13.9 Å². The van der Waals surface area contributed by atoms with Gasteiger partial charge in [-0.15, -0.1) is 0 Å². The molecule has 1 fully saturated rings. The van der Waals surface area contributed by atoms with Gasteiger partial charge < -0.3 is 10.4 Å². The smallest absolute Gasteiger partial charge is 0.137 e. The minimum atomic E-state index is -1.56. The van der Waals surface area contributed by atoms with E-state index in [0.29, 0.717) is 6.04 Å². The molecular weight excluding hydrogens is 290 g/mol. The fourth-order valence-electron chi connectivity index (χ4n) is 2.60. The van der Waals surface area contributed by atoms with Crippen LogP contribution in [0, 0.1) is 11.6 Å². The summed E-state index contributed by atoms with van der Waals surface area (Å²) in [6.07, 6.45) is 4.88. The fraction of sp³-hybridized carbons (Fsp3) is 0.467. The van der Waals surface area contributed by atoms with Crippen LogP contribution in [0.15, 0.2) is 30.9 Å². The monoisotopic (exact) mass is 308 g/mol. The summed E-state index contributed by atoms with van der Waals surface area (Å²) in [4.78, 5) is 3.84. The first kappa shape index (κ1) is 15.1. The number of nitrogens with zero attached hydrogens (tertiary/aromatic N) is 3. The Morgan fingerprint density at radius 1 is 1.45 bits per heavy atom. The molecule has 0 spiro atoms. The molecule has 2 N–H and O–H groups in total. The molecule has 118 valence electrons. The van der Waals surface area contributed by atoms with Crippen LogP contribution in [0.2, 0.25) is 0 Å². The van der Waals surface area contributed by atoms with Crippen LogP contribution >= 0.6 is 0 Å². The van der Waals surface area contributed by atoms with E-state index in [4.69, 9.17) is 0 Å². The summed E-state index contributed by atoms with van der Waals surface area (Å²) in [6.45, 7) is 1.81. The number of aromatic nitrogens is 3. The highest BCUT2D eigenvalue weighted by atomic mass is 19.1. The molecule has 2 aromatic rings. The zero-order chi connectivity index (χ0) is 15.7. The van der Waals surface area contributed by atoms with Gasteiger partial charge in [-0.3, -0.25) is 0 Å². The van der Waals surface area contributed by atoms with Crippen LogP contribution in [0.5, 0.6) is 0 Å². The molecule has 7 heteroatoms. The Morgan fingerprint density at radius 3 is 2.82 bits per heavy atom. The van der Waals surface area contributed by atoms with Gasteiger partial charge in [0, 0.05) is 23.7 Å². The minimum absolute atomic E-state index is 0.0242. The molecule has 5 nitrogen and oxygen atoms in total. The predicted octanol–water partition coefficient (Wildman–Crippen LogP) is 1.58. The Morgan fingerprint density at radius 2 is 2.23 bits per heavy atom. The van der Waals surface area contributed by atoms with Gasteiger partial charge in [0.2, 0.25) is 0 Å². The quantitative estimate of drug-likeness (QED) is 0.850. The summed E-state index contributed by atoms with van der Waals surface area (Å²) in [6, 6.07) is 3.12. The minimum Gasteiger partial charge on any atom is -0.381 e. The molecule has 0 aliphatic heterocycles. The lowest BCUT2D eigenvalue weighted by molar-refractivity contribution is -0.0206.